The molecule has 0 aliphatic rings. The number of alkyl carbamates (subject to hydrolysis) is 1. The molecule has 0 fully saturated rings. The Morgan fingerprint density at radius 1 is 1.24 bits per heavy atom. The normalized spacial score (nSPS) is 12.3. The van der Waals surface area contributed by atoms with Crippen LogP contribution < -0.4 is 5.32 Å². The number of Topliss-reactive ketones (excluding diaryl/α,β-unsaturated/α-hetero) is 1. The molecule has 17 heavy (non-hydrogen) atoms. The van der Waals surface area contributed by atoms with Gasteiger partial charge in [-0.15, -0.1) is 0 Å². The number of rotatable bonds is 8. The summed E-state index contributed by atoms with van der Waals surface area (Å²) in [7, 11) is 1.30. The van der Waals surface area contributed by atoms with Gasteiger partial charge < -0.3 is 15.0 Å². The van der Waals surface area contributed by atoms with Crippen molar-refractivity contribution in [3.63, 3.8) is 0 Å². The number of carbonyl (C=O) groups is 2. The summed E-state index contributed by atoms with van der Waals surface area (Å²) in [5.41, 5.74) is 0. The number of amides is 1. The highest BCUT2D eigenvalue weighted by molar-refractivity contribution is 5.87. The molecular weight excluding hydrogens is 220 g/mol. The summed E-state index contributed by atoms with van der Waals surface area (Å²) in [5.74, 6) is 0.0440. The van der Waals surface area contributed by atoms with Crippen molar-refractivity contribution in [1.82, 2.24) is 10.2 Å². The molecule has 1 atom stereocenters. The number of nitrogens with zero attached hydrogens (tertiary/aromatic N) is 1. The van der Waals surface area contributed by atoms with E-state index < -0.39 is 12.1 Å². The zero-order chi connectivity index (χ0) is 13.3. The minimum Gasteiger partial charge on any atom is -0.453 e. The molecule has 0 aromatic carbocycles. The van der Waals surface area contributed by atoms with Gasteiger partial charge in [-0.05, 0) is 19.5 Å². The van der Waals surface area contributed by atoms with E-state index in [0.29, 0.717) is 12.8 Å². The average Bonchev–Trinajstić information content (AvgIpc) is 2.37. The predicted octanol–water partition coefficient (Wildman–Crippen LogP) is 1.42. The Hall–Kier alpha value is -1.10. The minimum atomic E-state index is -0.545. The standard InChI is InChI=1S/C12H24N2O3/c1-5-11(15)10(13-12(16)17-4)8-9-14(6-2)7-3/h10H,5-9H2,1-4H3,(H,13,16)/t10-/m0/s1. The topological polar surface area (TPSA) is 58.6 Å². The third-order valence-corrected chi connectivity index (χ3v) is 2.84. The maximum atomic E-state index is 11.7. The molecule has 0 unspecified atom stereocenters. The van der Waals surface area contributed by atoms with Crippen molar-refractivity contribution in [3.05, 3.63) is 0 Å². The lowest BCUT2D eigenvalue weighted by Gasteiger charge is -2.22. The fraction of sp³-hybridized carbons (Fsp3) is 0.833. The number of ketones is 1. The summed E-state index contributed by atoms with van der Waals surface area (Å²) in [4.78, 5) is 25.0. The van der Waals surface area contributed by atoms with Gasteiger partial charge >= 0.3 is 6.09 Å². The molecule has 0 saturated heterocycles. The van der Waals surface area contributed by atoms with Crippen LogP contribution in [-0.2, 0) is 9.53 Å². The minimum absolute atomic E-state index is 0.0440. The second-order valence-electron chi connectivity index (χ2n) is 3.82. The van der Waals surface area contributed by atoms with Crippen LogP contribution in [0.3, 0.4) is 0 Å². The average molecular weight is 244 g/mol. The summed E-state index contributed by atoms with van der Waals surface area (Å²) in [5, 5.41) is 2.58. The summed E-state index contributed by atoms with van der Waals surface area (Å²) in [6, 6.07) is -0.437. The van der Waals surface area contributed by atoms with Gasteiger partial charge in [-0.3, -0.25) is 4.79 Å². The molecule has 0 aliphatic carbocycles. The van der Waals surface area contributed by atoms with Crippen LogP contribution in [0.25, 0.3) is 0 Å². The van der Waals surface area contributed by atoms with Gasteiger partial charge in [-0.1, -0.05) is 20.8 Å². The van der Waals surface area contributed by atoms with Crippen LogP contribution in [0.4, 0.5) is 4.79 Å². The van der Waals surface area contributed by atoms with E-state index in [2.05, 4.69) is 28.8 Å². The first-order valence-corrected chi connectivity index (χ1v) is 6.18. The van der Waals surface area contributed by atoms with Crippen LogP contribution in [0.5, 0.6) is 0 Å². The van der Waals surface area contributed by atoms with Crippen molar-refractivity contribution in [2.75, 3.05) is 26.7 Å². The molecule has 5 nitrogen and oxygen atoms in total. The molecule has 1 amide bonds. The predicted molar refractivity (Wildman–Crippen MR) is 67.0 cm³/mol. The lowest BCUT2D eigenvalue weighted by atomic mass is 10.1. The van der Waals surface area contributed by atoms with Crippen molar-refractivity contribution in [2.45, 2.75) is 39.7 Å². The van der Waals surface area contributed by atoms with Gasteiger partial charge in [0.05, 0.1) is 13.2 Å². The second kappa shape index (κ2) is 8.98. The van der Waals surface area contributed by atoms with E-state index in [1.165, 1.54) is 7.11 Å². The number of ether oxygens (including phenoxy) is 1. The second-order valence-corrected chi connectivity index (χ2v) is 3.82. The highest BCUT2D eigenvalue weighted by atomic mass is 16.5. The Morgan fingerprint density at radius 2 is 1.82 bits per heavy atom. The molecule has 0 radical (unpaired) electrons. The summed E-state index contributed by atoms with van der Waals surface area (Å²) in [6.45, 7) is 8.64. The van der Waals surface area contributed by atoms with Crippen LogP contribution in [0.2, 0.25) is 0 Å². The van der Waals surface area contributed by atoms with Crippen LogP contribution in [-0.4, -0.2) is 49.6 Å². The van der Waals surface area contributed by atoms with Gasteiger partial charge in [0.25, 0.3) is 0 Å². The Balaban J connectivity index is 4.28. The summed E-state index contributed by atoms with van der Waals surface area (Å²) < 4.78 is 4.52. The van der Waals surface area contributed by atoms with Gasteiger partial charge in [0, 0.05) is 13.0 Å². The van der Waals surface area contributed by atoms with Crippen molar-refractivity contribution >= 4 is 11.9 Å². The number of hydrogen-bond donors (Lipinski definition) is 1. The van der Waals surface area contributed by atoms with Gasteiger partial charge in [0.1, 0.15) is 0 Å². The molecule has 0 aromatic heterocycles. The van der Waals surface area contributed by atoms with E-state index in [9.17, 15) is 9.59 Å². The zero-order valence-corrected chi connectivity index (χ0v) is 11.3. The van der Waals surface area contributed by atoms with Crippen LogP contribution in [0.1, 0.15) is 33.6 Å². The van der Waals surface area contributed by atoms with Crippen molar-refractivity contribution in [1.29, 1.82) is 0 Å². The molecule has 0 bridgehead atoms. The van der Waals surface area contributed by atoms with Gasteiger partial charge in [-0.2, -0.15) is 0 Å². The van der Waals surface area contributed by atoms with Gasteiger partial charge in [-0.25, -0.2) is 4.79 Å². The Kier molecular flexibility index (Phi) is 8.40. The van der Waals surface area contributed by atoms with Crippen LogP contribution in [0, 0.1) is 0 Å². The maximum Gasteiger partial charge on any atom is 0.407 e. The quantitative estimate of drug-likeness (QED) is 0.701. The molecule has 0 aromatic rings. The molecule has 5 heteroatoms. The Bertz CT molecular complexity index is 240. The van der Waals surface area contributed by atoms with Gasteiger partial charge in [0.15, 0.2) is 5.78 Å². The lowest BCUT2D eigenvalue weighted by molar-refractivity contribution is -0.120. The molecule has 0 spiro atoms. The molecule has 0 rings (SSSR count). The zero-order valence-electron chi connectivity index (χ0n) is 11.3. The van der Waals surface area contributed by atoms with Crippen molar-refractivity contribution in [2.24, 2.45) is 0 Å². The summed E-state index contributed by atoms with van der Waals surface area (Å²) in [6.07, 6.45) is 0.507. The van der Waals surface area contributed by atoms with E-state index in [-0.39, 0.29) is 5.78 Å². The van der Waals surface area contributed by atoms with E-state index in [1.54, 1.807) is 6.92 Å². The third-order valence-electron chi connectivity index (χ3n) is 2.84. The first-order chi connectivity index (χ1) is 8.08. The van der Waals surface area contributed by atoms with E-state index >= 15 is 0 Å². The van der Waals surface area contributed by atoms with E-state index in [1.807, 2.05) is 0 Å². The first-order valence-electron chi connectivity index (χ1n) is 6.18. The lowest BCUT2D eigenvalue weighted by Crippen LogP contribution is -2.42. The molecular formula is C12H24N2O3. The molecule has 100 valence electrons. The highest BCUT2D eigenvalue weighted by Gasteiger charge is 2.19. The number of nitrogens with one attached hydrogen (secondary N) is 1. The highest BCUT2D eigenvalue weighted by Crippen LogP contribution is 2.01. The monoisotopic (exact) mass is 244 g/mol. The fourth-order valence-corrected chi connectivity index (χ4v) is 1.61. The SMILES string of the molecule is CCC(=O)[C@H](CCN(CC)CC)NC(=O)OC. The van der Waals surface area contributed by atoms with Crippen LogP contribution >= 0.6 is 0 Å². The van der Waals surface area contributed by atoms with Crippen LogP contribution in [0.15, 0.2) is 0 Å². The number of hydrogen-bond acceptors (Lipinski definition) is 4. The van der Waals surface area contributed by atoms with E-state index in [4.69, 9.17) is 0 Å². The number of methoxy groups -OCH3 is 1. The first kappa shape index (κ1) is 15.9. The smallest absolute Gasteiger partial charge is 0.407 e. The number of carbonyl (C=O) groups excluding carboxylic acids is 2. The molecule has 0 saturated carbocycles. The fourth-order valence-electron chi connectivity index (χ4n) is 1.61. The Morgan fingerprint density at radius 3 is 2.24 bits per heavy atom. The third kappa shape index (κ3) is 6.26. The maximum absolute atomic E-state index is 11.7. The molecule has 1 N–H and O–H groups in total. The summed E-state index contributed by atoms with van der Waals surface area (Å²) >= 11 is 0. The molecule has 0 heterocycles. The molecule has 0 aliphatic heterocycles. The largest absolute Gasteiger partial charge is 0.453 e. The van der Waals surface area contributed by atoms with Crippen molar-refractivity contribution in [3.8, 4) is 0 Å². The Labute approximate surface area is 103 Å². The van der Waals surface area contributed by atoms with E-state index in [0.717, 1.165) is 19.6 Å². The van der Waals surface area contributed by atoms with Gasteiger partial charge in [0.2, 0.25) is 0 Å². The van der Waals surface area contributed by atoms with Crippen molar-refractivity contribution < 1.29 is 14.3 Å².